The molecule has 0 aromatic heterocycles. The van der Waals surface area contributed by atoms with Crippen LogP contribution in [-0.4, -0.2) is 30.4 Å². The number of carbonyl (C=O) groups excluding carboxylic acids is 1. The summed E-state index contributed by atoms with van der Waals surface area (Å²) in [6.45, 7) is 1.44. The highest BCUT2D eigenvalue weighted by Crippen LogP contribution is 2.23. The molecule has 1 saturated heterocycles. The molecule has 1 aromatic rings. The van der Waals surface area contributed by atoms with Crippen molar-refractivity contribution < 1.29 is 13.6 Å². The summed E-state index contributed by atoms with van der Waals surface area (Å²) in [5.41, 5.74) is -0.0698. The van der Waals surface area contributed by atoms with E-state index in [4.69, 9.17) is 0 Å². The molecule has 1 fully saturated rings. The number of hydrogen-bond acceptors (Lipinski definition) is 2. The summed E-state index contributed by atoms with van der Waals surface area (Å²) in [7, 11) is 0. The van der Waals surface area contributed by atoms with E-state index >= 15 is 0 Å². The zero-order valence-corrected chi connectivity index (χ0v) is 11.3. The Hall–Kier alpha value is -1.01. The van der Waals surface area contributed by atoms with Gasteiger partial charge in [0.2, 0.25) is 5.91 Å². The van der Waals surface area contributed by atoms with Gasteiger partial charge in [-0.25, -0.2) is 8.78 Å². The van der Waals surface area contributed by atoms with Gasteiger partial charge >= 0.3 is 0 Å². The fraction of sp³-hybridized carbons (Fsp3) is 0.417. The summed E-state index contributed by atoms with van der Waals surface area (Å²) in [5, 5.41) is 2.97. The molecule has 0 unspecified atom stereocenters. The van der Waals surface area contributed by atoms with Gasteiger partial charge in [-0.15, -0.1) is 0 Å². The Morgan fingerprint density at radius 3 is 2.94 bits per heavy atom. The van der Waals surface area contributed by atoms with Crippen molar-refractivity contribution in [2.45, 2.75) is 13.0 Å². The van der Waals surface area contributed by atoms with Crippen molar-refractivity contribution in [3.63, 3.8) is 0 Å². The van der Waals surface area contributed by atoms with Gasteiger partial charge in [0.15, 0.2) is 0 Å². The fourth-order valence-corrected chi connectivity index (χ4v) is 2.27. The van der Waals surface area contributed by atoms with E-state index in [-0.39, 0.29) is 29.0 Å². The molecule has 1 heterocycles. The van der Waals surface area contributed by atoms with Crippen LogP contribution in [-0.2, 0) is 11.3 Å². The topological polar surface area (TPSA) is 32.3 Å². The van der Waals surface area contributed by atoms with Crippen LogP contribution < -0.4 is 5.32 Å². The first-order valence-corrected chi connectivity index (χ1v) is 6.50. The van der Waals surface area contributed by atoms with Crippen LogP contribution in [0.1, 0.15) is 12.0 Å². The molecular formula is C12H13BrF2N2O. The Morgan fingerprint density at radius 1 is 1.39 bits per heavy atom. The second kappa shape index (κ2) is 5.75. The molecule has 0 atom stereocenters. The minimum Gasteiger partial charge on any atom is -0.337 e. The van der Waals surface area contributed by atoms with Gasteiger partial charge in [-0.3, -0.25) is 4.79 Å². The number of nitrogens with zero attached hydrogens (tertiary/aromatic N) is 1. The molecule has 1 N–H and O–H groups in total. The Kier molecular flexibility index (Phi) is 4.29. The number of nitrogens with one attached hydrogen (secondary N) is 1. The molecule has 18 heavy (non-hydrogen) atoms. The monoisotopic (exact) mass is 318 g/mol. The summed E-state index contributed by atoms with van der Waals surface area (Å²) in [6.07, 6.45) is 0.781. The quantitative estimate of drug-likeness (QED) is 0.846. The largest absolute Gasteiger partial charge is 0.337 e. The SMILES string of the molecule is O=C1CNCCCN1Cc1c(F)ccc(Br)c1F. The number of carbonyl (C=O) groups is 1. The van der Waals surface area contributed by atoms with E-state index in [1.54, 1.807) is 0 Å². The Balaban J connectivity index is 2.22. The van der Waals surface area contributed by atoms with Gasteiger partial charge in [-0.05, 0) is 41.0 Å². The Bertz CT molecular complexity index is 468. The highest BCUT2D eigenvalue weighted by atomic mass is 79.9. The zero-order chi connectivity index (χ0) is 13.1. The van der Waals surface area contributed by atoms with Crippen molar-refractivity contribution in [1.82, 2.24) is 10.2 Å². The van der Waals surface area contributed by atoms with E-state index in [1.807, 2.05) is 0 Å². The number of amides is 1. The van der Waals surface area contributed by atoms with Gasteiger partial charge in [0.1, 0.15) is 11.6 Å². The molecule has 0 spiro atoms. The Labute approximate surface area is 112 Å². The van der Waals surface area contributed by atoms with Crippen LogP contribution in [0.15, 0.2) is 16.6 Å². The van der Waals surface area contributed by atoms with Crippen molar-refractivity contribution in [3.05, 3.63) is 33.8 Å². The van der Waals surface area contributed by atoms with Gasteiger partial charge in [0.25, 0.3) is 0 Å². The first kappa shape index (κ1) is 13.4. The van der Waals surface area contributed by atoms with Crippen LogP contribution in [0.2, 0.25) is 0 Å². The maximum Gasteiger partial charge on any atom is 0.236 e. The number of hydrogen-bond donors (Lipinski definition) is 1. The van der Waals surface area contributed by atoms with E-state index < -0.39 is 11.6 Å². The van der Waals surface area contributed by atoms with Crippen molar-refractivity contribution in [3.8, 4) is 0 Å². The van der Waals surface area contributed by atoms with E-state index in [9.17, 15) is 13.6 Å². The average Bonchev–Trinajstić information content (AvgIpc) is 2.55. The standard InChI is InChI=1S/C12H13BrF2N2O/c13-9-2-3-10(14)8(12(9)15)7-17-5-1-4-16-6-11(17)18/h2-3,16H,1,4-7H2. The van der Waals surface area contributed by atoms with Gasteiger partial charge < -0.3 is 10.2 Å². The summed E-state index contributed by atoms with van der Waals surface area (Å²) >= 11 is 3.02. The molecule has 1 aliphatic rings. The predicted molar refractivity (Wildman–Crippen MR) is 67.0 cm³/mol. The third kappa shape index (κ3) is 2.87. The van der Waals surface area contributed by atoms with Crippen LogP contribution in [0.25, 0.3) is 0 Å². The van der Waals surface area contributed by atoms with E-state index in [2.05, 4.69) is 21.2 Å². The van der Waals surface area contributed by atoms with Crippen LogP contribution >= 0.6 is 15.9 Å². The van der Waals surface area contributed by atoms with Crippen molar-refractivity contribution in [2.75, 3.05) is 19.6 Å². The highest BCUT2D eigenvalue weighted by molar-refractivity contribution is 9.10. The normalized spacial score (nSPS) is 16.8. The maximum absolute atomic E-state index is 13.8. The molecule has 6 heteroatoms. The highest BCUT2D eigenvalue weighted by Gasteiger charge is 2.20. The predicted octanol–water partition coefficient (Wildman–Crippen LogP) is 2.05. The van der Waals surface area contributed by atoms with Crippen molar-refractivity contribution in [2.24, 2.45) is 0 Å². The zero-order valence-electron chi connectivity index (χ0n) is 9.68. The number of halogens is 3. The van der Waals surface area contributed by atoms with E-state index in [0.717, 1.165) is 13.0 Å². The molecule has 1 amide bonds. The molecular weight excluding hydrogens is 306 g/mol. The fourth-order valence-electron chi connectivity index (χ4n) is 1.90. The molecule has 1 aliphatic heterocycles. The van der Waals surface area contributed by atoms with Gasteiger partial charge in [-0.1, -0.05) is 0 Å². The summed E-state index contributed by atoms with van der Waals surface area (Å²) in [4.78, 5) is 13.2. The van der Waals surface area contributed by atoms with Crippen LogP contribution in [0.5, 0.6) is 0 Å². The lowest BCUT2D eigenvalue weighted by Crippen LogP contribution is -2.34. The van der Waals surface area contributed by atoms with Gasteiger partial charge in [0, 0.05) is 12.1 Å². The van der Waals surface area contributed by atoms with Crippen LogP contribution in [0, 0.1) is 11.6 Å². The lowest BCUT2D eigenvalue weighted by Gasteiger charge is -2.21. The van der Waals surface area contributed by atoms with E-state index in [1.165, 1.54) is 17.0 Å². The summed E-state index contributed by atoms with van der Waals surface area (Å²) in [6, 6.07) is 2.52. The molecule has 3 nitrogen and oxygen atoms in total. The lowest BCUT2D eigenvalue weighted by atomic mass is 10.2. The number of benzene rings is 1. The molecule has 1 aromatic carbocycles. The van der Waals surface area contributed by atoms with Gasteiger partial charge in [-0.2, -0.15) is 0 Å². The minimum atomic E-state index is -0.639. The molecule has 0 bridgehead atoms. The smallest absolute Gasteiger partial charge is 0.236 e. The second-order valence-electron chi connectivity index (χ2n) is 4.17. The Morgan fingerprint density at radius 2 is 2.17 bits per heavy atom. The van der Waals surface area contributed by atoms with Crippen molar-refractivity contribution in [1.29, 1.82) is 0 Å². The first-order valence-electron chi connectivity index (χ1n) is 5.70. The summed E-state index contributed by atoms with van der Waals surface area (Å²) in [5.74, 6) is -1.40. The second-order valence-corrected chi connectivity index (χ2v) is 5.02. The van der Waals surface area contributed by atoms with Crippen molar-refractivity contribution >= 4 is 21.8 Å². The number of rotatable bonds is 2. The van der Waals surface area contributed by atoms with E-state index in [0.29, 0.717) is 6.54 Å². The third-order valence-corrected chi connectivity index (χ3v) is 3.51. The molecule has 0 saturated carbocycles. The lowest BCUT2D eigenvalue weighted by molar-refractivity contribution is -0.130. The molecule has 2 rings (SSSR count). The third-order valence-electron chi connectivity index (χ3n) is 2.90. The average molecular weight is 319 g/mol. The van der Waals surface area contributed by atoms with Crippen LogP contribution in [0.4, 0.5) is 8.78 Å². The molecule has 0 aliphatic carbocycles. The maximum atomic E-state index is 13.8. The first-order chi connectivity index (χ1) is 8.59. The van der Waals surface area contributed by atoms with Crippen LogP contribution in [0.3, 0.4) is 0 Å². The minimum absolute atomic E-state index is 0.0301. The molecule has 0 radical (unpaired) electrons. The summed E-state index contributed by atoms with van der Waals surface area (Å²) < 4.78 is 27.6. The van der Waals surface area contributed by atoms with Gasteiger partial charge in [0.05, 0.1) is 17.6 Å². The molecule has 98 valence electrons.